The summed E-state index contributed by atoms with van der Waals surface area (Å²) in [6.45, 7) is 3.52. The van der Waals surface area contributed by atoms with Crippen LogP contribution in [0, 0.1) is 5.92 Å². The van der Waals surface area contributed by atoms with Gasteiger partial charge in [-0.25, -0.2) is 0 Å². The normalized spacial score (nSPS) is 24.7. The van der Waals surface area contributed by atoms with Gasteiger partial charge < -0.3 is 9.47 Å². The molecule has 3 nitrogen and oxygen atoms in total. The first-order valence-electron chi connectivity index (χ1n) is 3.59. The lowest BCUT2D eigenvalue weighted by atomic mass is 10.1. The van der Waals surface area contributed by atoms with E-state index in [2.05, 4.69) is 0 Å². The maximum absolute atomic E-state index is 10.9. The van der Waals surface area contributed by atoms with Gasteiger partial charge in [-0.2, -0.15) is 0 Å². The molecule has 0 aromatic heterocycles. The maximum Gasteiger partial charge on any atom is 0.311 e. The predicted molar refractivity (Wildman–Crippen MR) is 35.6 cm³/mol. The fourth-order valence-electron chi connectivity index (χ4n) is 0.981. The summed E-state index contributed by atoms with van der Waals surface area (Å²) in [4.78, 5) is 10.9. The monoisotopic (exact) mass is 144 g/mol. The molecule has 1 aliphatic heterocycles. The molecule has 0 saturated carbocycles. The molecular weight excluding hydrogens is 132 g/mol. The Bertz CT molecular complexity index is 116. The van der Waals surface area contributed by atoms with Crippen LogP contribution in [0.3, 0.4) is 0 Å². The molecule has 1 saturated heterocycles. The number of carbonyl (C=O) groups is 1. The second kappa shape index (κ2) is 3.56. The summed E-state index contributed by atoms with van der Waals surface area (Å²) >= 11 is 0. The zero-order valence-electron chi connectivity index (χ0n) is 6.13. The van der Waals surface area contributed by atoms with Gasteiger partial charge in [0.05, 0.1) is 19.1 Å². The van der Waals surface area contributed by atoms with Crippen molar-refractivity contribution >= 4 is 5.97 Å². The summed E-state index contributed by atoms with van der Waals surface area (Å²) in [6.07, 6.45) is 0.818. The van der Waals surface area contributed by atoms with Gasteiger partial charge in [-0.15, -0.1) is 0 Å². The van der Waals surface area contributed by atoms with Gasteiger partial charge in [0.1, 0.15) is 0 Å². The molecule has 0 radical (unpaired) electrons. The van der Waals surface area contributed by atoms with Crippen molar-refractivity contribution in [2.24, 2.45) is 5.92 Å². The number of ether oxygens (including phenoxy) is 2. The second-order valence-corrected chi connectivity index (χ2v) is 2.31. The van der Waals surface area contributed by atoms with Crippen molar-refractivity contribution in [3.8, 4) is 0 Å². The molecule has 0 bridgehead atoms. The molecule has 0 aromatic rings. The van der Waals surface area contributed by atoms with Gasteiger partial charge in [0, 0.05) is 6.61 Å². The lowest BCUT2D eigenvalue weighted by Gasteiger charge is -2.04. The van der Waals surface area contributed by atoms with E-state index in [9.17, 15) is 4.79 Å². The van der Waals surface area contributed by atoms with Crippen molar-refractivity contribution in [2.75, 3.05) is 19.8 Å². The Morgan fingerprint density at radius 3 is 3.10 bits per heavy atom. The Morgan fingerprint density at radius 1 is 1.80 bits per heavy atom. The van der Waals surface area contributed by atoms with Crippen molar-refractivity contribution in [1.82, 2.24) is 0 Å². The zero-order chi connectivity index (χ0) is 7.40. The summed E-state index contributed by atoms with van der Waals surface area (Å²) in [7, 11) is 0. The highest BCUT2D eigenvalue weighted by Crippen LogP contribution is 2.13. The average molecular weight is 144 g/mol. The van der Waals surface area contributed by atoms with E-state index < -0.39 is 0 Å². The lowest BCUT2D eigenvalue weighted by Crippen LogP contribution is -2.17. The Labute approximate surface area is 60.3 Å². The molecule has 1 aliphatic rings. The minimum Gasteiger partial charge on any atom is -0.466 e. The van der Waals surface area contributed by atoms with Crippen LogP contribution in [0.2, 0.25) is 0 Å². The van der Waals surface area contributed by atoms with Crippen LogP contribution in [0.15, 0.2) is 0 Å². The fraction of sp³-hybridized carbons (Fsp3) is 0.857. The Balaban J connectivity index is 2.25. The molecule has 3 heteroatoms. The average Bonchev–Trinajstić information content (AvgIpc) is 2.38. The number of esters is 1. The fourth-order valence-corrected chi connectivity index (χ4v) is 0.981. The van der Waals surface area contributed by atoms with E-state index in [0.29, 0.717) is 19.8 Å². The maximum atomic E-state index is 10.9. The predicted octanol–water partition coefficient (Wildman–Crippen LogP) is 0.586. The molecule has 0 aliphatic carbocycles. The number of hydrogen-bond donors (Lipinski definition) is 0. The molecule has 10 heavy (non-hydrogen) atoms. The van der Waals surface area contributed by atoms with Crippen LogP contribution < -0.4 is 0 Å². The van der Waals surface area contributed by atoms with Gasteiger partial charge in [-0.3, -0.25) is 4.79 Å². The van der Waals surface area contributed by atoms with Gasteiger partial charge in [0.15, 0.2) is 0 Å². The SMILES string of the molecule is CCOC(=O)C1CCOC1. The number of rotatable bonds is 2. The molecule has 1 heterocycles. The third-order valence-corrected chi connectivity index (χ3v) is 1.55. The van der Waals surface area contributed by atoms with Crippen LogP contribution in [-0.4, -0.2) is 25.8 Å². The third kappa shape index (κ3) is 1.70. The highest BCUT2D eigenvalue weighted by atomic mass is 16.5. The topological polar surface area (TPSA) is 35.5 Å². The van der Waals surface area contributed by atoms with E-state index in [0.717, 1.165) is 6.42 Å². The van der Waals surface area contributed by atoms with Crippen LogP contribution >= 0.6 is 0 Å². The molecule has 0 aromatic carbocycles. The first-order chi connectivity index (χ1) is 4.84. The van der Waals surface area contributed by atoms with Crippen molar-refractivity contribution in [3.63, 3.8) is 0 Å². The van der Waals surface area contributed by atoms with Crippen molar-refractivity contribution in [1.29, 1.82) is 0 Å². The molecule has 0 N–H and O–H groups in total. The second-order valence-electron chi connectivity index (χ2n) is 2.31. The van der Waals surface area contributed by atoms with Gasteiger partial charge >= 0.3 is 5.97 Å². The lowest BCUT2D eigenvalue weighted by molar-refractivity contribution is -0.147. The van der Waals surface area contributed by atoms with Crippen molar-refractivity contribution in [2.45, 2.75) is 13.3 Å². The van der Waals surface area contributed by atoms with Gasteiger partial charge in [-0.05, 0) is 13.3 Å². The zero-order valence-corrected chi connectivity index (χ0v) is 6.13. The van der Waals surface area contributed by atoms with E-state index in [1.165, 1.54) is 0 Å². The molecule has 58 valence electrons. The summed E-state index contributed by atoms with van der Waals surface area (Å²) in [5, 5.41) is 0. The minimum absolute atomic E-state index is 0.0000463. The van der Waals surface area contributed by atoms with Crippen LogP contribution in [0.5, 0.6) is 0 Å². The van der Waals surface area contributed by atoms with E-state index in [1.54, 1.807) is 0 Å². The van der Waals surface area contributed by atoms with Gasteiger partial charge in [-0.1, -0.05) is 0 Å². The molecule has 0 amide bonds. The van der Waals surface area contributed by atoms with Crippen molar-refractivity contribution in [3.05, 3.63) is 0 Å². The summed E-state index contributed by atoms with van der Waals surface area (Å²) in [5.74, 6) is -0.111. The quantitative estimate of drug-likeness (QED) is 0.532. The van der Waals surface area contributed by atoms with E-state index in [1.807, 2.05) is 6.92 Å². The van der Waals surface area contributed by atoms with Crippen LogP contribution in [0.4, 0.5) is 0 Å². The van der Waals surface area contributed by atoms with Crippen molar-refractivity contribution < 1.29 is 14.3 Å². The largest absolute Gasteiger partial charge is 0.466 e. The van der Waals surface area contributed by atoms with E-state index in [-0.39, 0.29) is 11.9 Å². The van der Waals surface area contributed by atoms with Crippen LogP contribution in [0.1, 0.15) is 13.3 Å². The molecule has 0 spiro atoms. The standard InChI is InChI=1S/C7H12O3/c1-2-10-7(8)6-3-4-9-5-6/h6H,2-5H2,1H3. The molecule has 1 atom stereocenters. The van der Waals surface area contributed by atoms with E-state index >= 15 is 0 Å². The molecule has 1 fully saturated rings. The first kappa shape index (κ1) is 7.54. The Kier molecular flexibility index (Phi) is 2.68. The molecule has 1 unspecified atom stereocenters. The third-order valence-electron chi connectivity index (χ3n) is 1.55. The van der Waals surface area contributed by atoms with Crippen LogP contribution in [0.25, 0.3) is 0 Å². The number of carbonyl (C=O) groups excluding carboxylic acids is 1. The highest BCUT2D eigenvalue weighted by Gasteiger charge is 2.24. The summed E-state index contributed by atoms with van der Waals surface area (Å²) < 4.78 is 9.83. The van der Waals surface area contributed by atoms with Gasteiger partial charge in [0.2, 0.25) is 0 Å². The minimum atomic E-state index is -0.111. The molecule has 1 rings (SSSR count). The summed E-state index contributed by atoms with van der Waals surface area (Å²) in [6, 6.07) is 0. The summed E-state index contributed by atoms with van der Waals surface area (Å²) in [5.41, 5.74) is 0. The Morgan fingerprint density at radius 2 is 2.60 bits per heavy atom. The van der Waals surface area contributed by atoms with Gasteiger partial charge in [0.25, 0.3) is 0 Å². The van der Waals surface area contributed by atoms with Crippen LogP contribution in [-0.2, 0) is 14.3 Å². The number of hydrogen-bond acceptors (Lipinski definition) is 3. The van der Waals surface area contributed by atoms with E-state index in [4.69, 9.17) is 9.47 Å². The highest BCUT2D eigenvalue weighted by molar-refractivity contribution is 5.72. The molecular formula is C7H12O3. The Hall–Kier alpha value is -0.570. The smallest absolute Gasteiger partial charge is 0.311 e. The first-order valence-corrected chi connectivity index (χ1v) is 3.59.